The highest BCUT2D eigenvalue weighted by atomic mass is 16.2. The van der Waals surface area contributed by atoms with Crippen LogP contribution in [0.25, 0.3) is 10.8 Å². The van der Waals surface area contributed by atoms with Gasteiger partial charge in [0.2, 0.25) is 5.91 Å². The lowest BCUT2D eigenvalue weighted by atomic mass is 9.93. The van der Waals surface area contributed by atoms with Crippen molar-refractivity contribution in [2.45, 2.75) is 57.7 Å². The van der Waals surface area contributed by atoms with Gasteiger partial charge in [-0.3, -0.25) is 20.4 Å². The summed E-state index contributed by atoms with van der Waals surface area (Å²) in [4.78, 5) is 26.1. The molecule has 2 aliphatic rings. The first-order valence-corrected chi connectivity index (χ1v) is 13.0. The van der Waals surface area contributed by atoms with Gasteiger partial charge in [0.15, 0.2) is 0 Å². The molecule has 7 nitrogen and oxygen atoms in total. The fourth-order valence-corrected chi connectivity index (χ4v) is 5.26. The van der Waals surface area contributed by atoms with Gasteiger partial charge in [0.25, 0.3) is 5.91 Å². The van der Waals surface area contributed by atoms with Crippen molar-refractivity contribution in [2.24, 2.45) is 0 Å². The second kappa shape index (κ2) is 10.8. The van der Waals surface area contributed by atoms with Crippen LogP contribution in [-0.4, -0.2) is 30.9 Å². The molecule has 3 aromatic rings. The van der Waals surface area contributed by atoms with Crippen LogP contribution >= 0.6 is 0 Å². The minimum absolute atomic E-state index is 0.0448. The Labute approximate surface area is 212 Å². The van der Waals surface area contributed by atoms with Crippen molar-refractivity contribution in [1.29, 1.82) is 0 Å². The summed E-state index contributed by atoms with van der Waals surface area (Å²) in [6.45, 7) is 5.74. The van der Waals surface area contributed by atoms with E-state index < -0.39 is 0 Å². The highest BCUT2D eigenvalue weighted by Gasteiger charge is 2.23. The van der Waals surface area contributed by atoms with Crippen LogP contribution in [0.2, 0.25) is 0 Å². The van der Waals surface area contributed by atoms with E-state index in [1.807, 2.05) is 38.1 Å². The van der Waals surface area contributed by atoms with Crippen molar-refractivity contribution in [1.82, 2.24) is 21.5 Å². The molecule has 2 saturated heterocycles. The maximum absolute atomic E-state index is 13.4. The highest BCUT2D eigenvalue weighted by Crippen LogP contribution is 2.31. The largest absolute Gasteiger partial charge is 0.345 e. The Hall–Kier alpha value is -3.26. The molecule has 2 aliphatic heterocycles. The predicted molar refractivity (Wildman–Crippen MR) is 144 cm³/mol. The van der Waals surface area contributed by atoms with E-state index in [-0.39, 0.29) is 29.9 Å². The van der Waals surface area contributed by atoms with Crippen LogP contribution in [0.15, 0.2) is 54.6 Å². The van der Waals surface area contributed by atoms with E-state index in [1.54, 1.807) is 6.07 Å². The van der Waals surface area contributed by atoms with E-state index in [4.69, 9.17) is 0 Å². The number of benzene rings is 3. The van der Waals surface area contributed by atoms with E-state index in [9.17, 15) is 9.59 Å². The summed E-state index contributed by atoms with van der Waals surface area (Å²) in [6.07, 6.45) is 4.01. The lowest BCUT2D eigenvalue weighted by Crippen LogP contribution is -2.43. The second-order valence-electron chi connectivity index (χ2n) is 9.96. The molecule has 3 atom stereocenters. The van der Waals surface area contributed by atoms with Gasteiger partial charge in [0.1, 0.15) is 0 Å². The quantitative estimate of drug-likeness (QED) is 0.360. The van der Waals surface area contributed by atoms with Crippen LogP contribution in [0.5, 0.6) is 0 Å². The summed E-state index contributed by atoms with van der Waals surface area (Å²) >= 11 is 0. The number of fused-ring (bicyclic) bond motifs is 1. The van der Waals surface area contributed by atoms with Crippen LogP contribution in [0.4, 0.5) is 5.69 Å². The lowest BCUT2D eigenvalue weighted by Gasteiger charge is -2.23. The third-order valence-electron chi connectivity index (χ3n) is 7.34. The first-order chi connectivity index (χ1) is 17.5. The van der Waals surface area contributed by atoms with Crippen LogP contribution in [0, 0.1) is 6.92 Å². The number of anilines is 1. The van der Waals surface area contributed by atoms with Gasteiger partial charge in [-0.05, 0) is 85.3 Å². The smallest absolute Gasteiger partial charge is 0.252 e. The molecule has 3 aromatic carbocycles. The maximum Gasteiger partial charge on any atom is 0.252 e. The summed E-state index contributed by atoms with van der Waals surface area (Å²) in [5.41, 5.74) is 10.9. The number of hydrazine groups is 1. The van der Waals surface area contributed by atoms with Gasteiger partial charge >= 0.3 is 0 Å². The third kappa shape index (κ3) is 5.28. The average molecular weight is 486 g/mol. The van der Waals surface area contributed by atoms with Crippen LogP contribution in [0.1, 0.15) is 71.7 Å². The molecule has 0 aromatic heterocycles. The van der Waals surface area contributed by atoms with Crippen molar-refractivity contribution in [3.05, 3.63) is 76.9 Å². The molecule has 2 unspecified atom stereocenters. The number of carbonyl (C=O) groups excluding carboxylic acids is 2. The van der Waals surface area contributed by atoms with Gasteiger partial charge in [-0.1, -0.05) is 42.8 Å². The van der Waals surface area contributed by atoms with E-state index in [1.165, 1.54) is 5.56 Å². The molecule has 0 bridgehead atoms. The average Bonchev–Trinajstić information content (AvgIpc) is 3.45. The predicted octanol–water partition coefficient (Wildman–Crippen LogP) is 4.26. The minimum Gasteiger partial charge on any atom is -0.345 e. The van der Waals surface area contributed by atoms with Gasteiger partial charge in [-0.25, -0.2) is 0 Å². The zero-order valence-corrected chi connectivity index (χ0v) is 21.0. The molecule has 2 fully saturated rings. The number of rotatable bonds is 6. The Bertz CT molecular complexity index is 1260. The first kappa shape index (κ1) is 24.4. The fraction of sp³-hybridized carbons (Fsp3) is 0.379. The van der Waals surface area contributed by atoms with E-state index in [0.29, 0.717) is 11.3 Å². The molecule has 188 valence electrons. The summed E-state index contributed by atoms with van der Waals surface area (Å²) in [5, 5.41) is 11.8. The number of nitrogens with one attached hydrogen (secondary N) is 5. The molecule has 36 heavy (non-hydrogen) atoms. The van der Waals surface area contributed by atoms with Crippen LogP contribution < -0.4 is 26.8 Å². The van der Waals surface area contributed by atoms with E-state index in [0.717, 1.165) is 60.7 Å². The van der Waals surface area contributed by atoms with Gasteiger partial charge < -0.3 is 16.0 Å². The molecule has 7 heteroatoms. The topological polar surface area (TPSA) is 94.3 Å². The van der Waals surface area contributed by atoms with Crippen LogP contribution in [-0.2, 0) is 4.79 Å². The first-order valence-electron chi connectivity index (χ1n) is 13.0. The Balaban J connectivity index is 1.36. The summed E-state index contributed by atoms with van der Waals surface area (Å²) in [6, 6.07) is 18.1. The van der Waals surface area contributed by atoms with Crippen molar-refractivity contribution in [3.8, 4) is 0 Å². The number of carbonyl (C=O) groups is 2. The maximum atomic E-state index is 13.4. The molecule has 5 N–H and O–H groups in total. The molecule has 0 aliphatic carbocycles. The Morgan fingerprint density at radius 1 is 1.00 bits per heavy atom. The third-order valence-corrected chi connectivity index (χ3v) is 7.34. The molecule has 0 saturated carbocycles. The second-order valence-corrected chi connectivity index (χ2v) is 9.96. The molecule has 2 amide bonds. The number of aryl methyl sites for hydroxylation is 1. The number of amides is 2. The molecule has 5 rings (SSSR count). The molecule has 0 spiro atoms. The van der Waals surface area contributed by atoms with E-state index >= 15 is 0 Å². The van der Waals surface area contributed by atoms with Crippen molar-refractivity contribution in [2.75, 3.05) is 18.4 Å². The normalized spacial score (nSPS) is 20.7. The number of hydrogen-bond acceptors (Lipinski definition) is 5. The molecular formula is C29H35N5O2. The Kier molecular flexibility index (Phi) is 7.32. The Morgan fingerprint density at radius 3 is 2.64 bits per heavy atom. The van der Waals surface area contributed by atoms with Gasteiger partial charge in [0.05, 0.1) is 12.1 Å². The number of hydrogen-bond donors (Lipinski definition) is 5. The summed E-state index contributed by atoms with van der Waals surface area (Å²) in [5.74, 6) is -0.196. The van der Waals surface area contributed by atoms with Crippen molar-refractivity contribution < 1.29 is 9.59 Å². The SMILES string of the molecule is Cc1ccc(NC(=O)C2CCCCN2)cc1C(=O)N[C@H](C)c1cc(C2CCNN2)cc2ccccc12. The highest BCUT2D eigenvalue weighted by molar-refractivity contribution is 6.00. The fourth-order valence-electron chi connectivity index (χ4n) is 5.26. The standard InChI is InChI=1S/C29H35N5O2/c1-18-10-11-22(33-29(36)27-9-5-6-13-30-27)17-24(18)28(35)32-19(2)25-16-21(26-12-14-31-34-26)15-20-7-3-4-8-23(20)25/h3-4,7-8,10-11,15-17,19,26-27,30-31,34H,5-6,9,12-14H2,1-2H3,(H,32,35)(H,33,36)/t19-,26?,27?/m1/s1. The van der Waals surface area contributed by atoms with Crippen LogP contribution in [0.3, 0.4) is 0 Å². The van der Waals surface area contributed by atoms with Crippen molar-refractivity contribution >= 4 is 28.3 Å². The van der Waals surface area contributed by atoms with E-state index in [2.05, 4.69) is 51.1 Å². The minimum atomic E-state index is -0.194. The van der Waals surface area contributed by atoms with Gasteiger partial charge in [-0.15, -0.1) is 0 Å². The van der Waals surface area contributed by atoms with Gasteiger partial charge in [-0.2, -0.15) is 0 Å². The monoisotopic (exact) mass is 485 g/mol. The molecular weight excluding hydrogens is 450 g/mol. The van der Waals surface area contributed by atoms with Gasteiger partial charge in [0, 0.05) is 23.8 Å². The zero-order chi connectivity index (χ0) is 25.1. The molecule has 0 radical (unpaired) electrons. The lowest BCUT2D eigenvalue weighted by molar-refractivity contribution is -0.118. The summed E-state index contributed by atoms with van der Waals surface area (Å²) < 4.78 is 0. The Morgan fingerprint density at radius 2 is 1.86 bits per heavy atom. The summed E-state index contributed by atoms with van der Waals surface area (Å²) in [7, 11) is 0. The number of piperidine rings is 1. The van der Waals surface area contributed by atoms with Crippen molar-refractivity contribution in [3.63, 3.8) is 0 Å². The zero-order valence-electron chi connectivity index (χ0n) is 21.0. The molecule has 2 heterocycles.